The molecule has 0 fully saturated rings. The van der Waals surface area contributed by atoms with E-state index in [0.29, 0.717) is 11.5 Å². The van der Waals surface area contributed by atoms with Crippen molar-refractivity contribution in [2.45, 2.75) is 6.92 Å². The summed E-state index contributed by atoms with van der Waals surface area (Å²) in [4.78, 5) is 14.8. The van der Waals surface area contributed by atoms with E-state index in [0.717, 1.165) is 15.7 Å². The van der Waals surface area contributed by atoms with Crippen LogP contribution in [0.25, 0.3) is 0 Å². The highest BCUT2D eigenvalue weighted by Gasteiger charge is 2.09. The fourth-order valence-corrected chi connectivity index (χ4v) is 1.94. The van der Waals surface area contributed by atoms with Gasteiger partial charge >= 0.3 is 5.97 Å². The van der Waals surface area contributed by atoms with Gasteiger partial charge in [0, 0.05) is 16.4 Å². The summed E-state index contributed by atoms with van der Waals surface area (Å²) >= 11 is 3.44. The predicted octanol–water partition coefficient (Wildman–Crippen LogP) is 3.18. The Balaban J connectivity index is 2.34. The number of aromatic nitrogens is 1. The number of carbonyl (C=O) groups is 1. The third-order valence-electron chi connectivity index (χ3n) is 2.68. The van der Waals surface area contributed by atoms with Crippen LogP contribution in [0, 0.1) is 6.92 Å². The van der Waals surface area contributed by atoms with Gasteiger partial charge in [-0.05, 0) is 30.7 Å². The van der Waals surface area contributed by atoms with E-state index in [4.69, 9.17) is 10.8 Å². The third-order valence-corrected chi connectivity index (χ3v) is 3.54. The second kappa shape index (κ2) is 5.27. The van der Waals surface area contributed by atoms with Gasteiger partial charge < -0.3 is 16.2 Å². The number of nitrogens with two attached hydrogens (primary N) is 1. The number of nitrogens with one attached hydrogen (secondary N) is 1. The average Bonchev–Trinajstić information content (AvgIpc) is 2.37. The van der Waals surface area contributed by atoms with E-state index in [-0.39, 0.29) is 5.56 Å². The van der Waals surface area contributed by atoms with Crippen LogP contribution in [0.15, 0.2) is 34.9 Å². The summed E-state index contributed by atoms with van der Waals surface area (Å²) in [6.07, 6.45) is 1.27. The number of carboxylic acids is 1. The van der Waals surface area contributed by atoms with Crippen LogP contribution < -0.4 is 11.1 Å². The van der Waals surface area contributed by atoms with Crippen LogP contribution in [0.5, 0.6) is 0 Å². The number of rotatable bonds is 3. The van der Waals surface area contributed by atoms with Gasteiger partial charge in [0.25, 0.3) is 0 Å². The number of hydrogen-bond donors (Lipinski definition) is 3. The van der Waals surface area contributed by atoms with Crippen molar-refractivity contribution in [1.82, 2.24) is 4.98 Å². The molecule has 0 amide bonds. The van der Waals surface area contributed by atoms with Gasteiger partial charge in [-0.2, -0.15) is 0 Å². The summed E-state index contributed by atoms with van der Waals surface area (Å²) in [6.45, 7) is 1.95. The van der Waals surface area contributed by atoms with Crippen LogP contribution in [0.2, 0.25) is 0 Å². The van der Waals surface area contributed by atoms with Crippen LogP contribution in [-0.2, 0) is 0 Å². The molecule has 0 saturated carbocycles. The summed E-state index contributed by atoms with van der Waals surface area (Å²) in [6, 6.07) is 7.10. The lowest BCUT2D eigenvalue weighted by Gasteiger charge is -2.12. The second-order valence-corrected chi connectivity index (χ2v) is 4.86. The first-order valence-corrected chi connectivity index (χ1v) is 6.29. The molecule has 1 aromatic heterocycles. The monoisotopic (exact) mass is 321 g/mol. The average molecular weight is 322 g/mol. The first-order chi connectivity index (χ1) is 8.99. The molecule has 1 aromatic carbocycles. The van der Waals surface area contributed by atoms with E-state index in [9.17, 15) is 4.79 Å². The molecule has 0 unspecified atom stereocenters. The Morgan fingerprint density at radius 3 is 2.84 bits per heavy atom. The summed E-state index contributed by atoms with van der Waals surface area (Å²) in [5.74, 6) is -0.615. The minimum absolute atomic E-state index is 0.0639. The van der Waals surface area contributed by atoms with Crippen LogP contribution in [-0.4, -0.2) is 16.1 Å². The first-order valence-electron chi connectivity index (χ1n) is 5.50. The van der Waals surface area contributed by atoms with Crippen LogP contribution in [0.4, 0.5) is 17.2 Å². The van der Waals surface area contributed by atoms with E-state index in [1.54, 1.807) is 0 Å². The zero-order valence-corrected chi connectivity index (χ0v) is 11.7. The number of pyridine rings is 1. The number of carboxylic acid groups (broad SMARTS) is 1. The number of hydrogen-bond acceptors (Lipinski definition) is 4. The highest BCUT2D eigenvalue weighted by molar-refractivity contribution is 9.10. The third kappa shape index (κ3) is 2.85. The Kier molecular flexibility index (Phi) is 3.71. The van der Waals surface area contributed by atoms with Crippen molar-refractivity contribution < 1.29 is 9.90 Å². The lowest BCUT2D eigenvalue weighted by atomic mass is 10.2. The van der Waals surface area contributed by atoms with E-state index < -0.39 is 5.97 Å². The minimum atomic E-state index is -1.05. The van der Waals surface area contributed by atoms with Crippen molar-refractivity contribution in [1.29, 1.82) is 0 Å². The molecule has 0 atom stereocenters. The van der Waals surface area contributed by atoms with E-state index >= 15 is 0 Å². The quantitative estimate of drug-likeness (QED) is 0.808. The fourth-order valence-electron chi connectivity index (χ4n) is 1.57. The standard InChI is InChI=1S/C13H12BrN3O2/c1-7-9(14)3-2-4-11(7)17-12-10(15)5-8(6-16-12)13(18)19/h2-6H,15H2,1H3,(H,16,17)(H,18,19). The summed E-state index contributed by atoms with van der Waals surface area (Å²) < 4.78 is 0.971. The highest BCUT2D eigenvalue weighted by atomic mass is 79.9. The molecule has 2 rings (SSSR count). The Bertz CT molecular complexity index is 644. The number of benzene rings is 1. The van der Waals surface area contributed by atoms with Gasteiger partial charge in [-0.1, -0.05) is 22.0 Å². The molecule has 98 valence electrons. The van der Waals surface area contributed by atoms with Crippen molar-refractivity contribution in [3.8, 4) is 0 Å². The second-order valence-electron chi connectivity index (χ2n) is 4.00. The maximum absolute atomic E-state index is 10.8. The molecule has 0 radical (unpaired) electrons. The fraction of sp³-hybridized carbons (Fsp3) is 0.0769. The Hall–Kier alpha value is -2.08. The molecular formula is C13H12BrN3O2. The van der Waals surface area contributed by atoms with E-state index in [1.165, 1.54) is 12.3 Å². The number of anilines is 3. The molecule has 19 heavy (non-hydrogen) atoms. The molecule has 0 aliphatic carbocycles. The lowest BCUT2D eigenvalue weighted by Crippen LogP contribution is -2.04. The SMILES string of the molecule is Cc1c(Br)cccc1Nc1ncc(C(=O)O)cc1N. The van der Waals surface area contributed by atoms with Gasteiger partial charge in [0.15, 0.2) is 5.82 Å². The molecule has 5 nitrogen and oxygen atoms in total. The van der Waals surface area contributed by atoms with Crippen molar-refractivity contribution in [2.24, 2.45) is 0 Å². The summed E-state index contributed by atoms with van der Waals surface area (Å²) in [5.41, 5.74) is 8.03. The Morgan fingerprint density at radius 2 is 2.21 bits per heavy atom. The highest BCUT2D eigenvalue weighted by Crippen LogP contribution is 2.28. The van der Waals surface area contributed by atoms with E-state index in [1.807, 2.05) is 25.1 Å². The van der Waals surface area contributed by atoms with Gasteiger partial charge in [0.1, 0.15) is 0 Å². The van der Waals surface area contributed by atoms with Crippen molar-refractivity contribution in [3.63, 3.8) is 0 Å². The number of halogens is 1. The van der Waals surface area contributed by atoms with Gasteiger partial charge in [-0.15, -0.1) is 0 Å². The Labute approximate surface area is 118 Å². The summed E-state index contributed by atoms with van der Waals surface area (Å²) in [7, 11) is 0. The normalized spacial score (nSPS) is 10.2. The van der Waals surface area contributed by atoms with Gasteiger partial charge in [0.05, 0.1) is 11.3 Å². The van der Waals surface area contributed by atoms with Gasteiger partial charge in [0.2, 0.25) is 0 Å². The molecule has 0 spiro atoms. The predicted molar refractivity (Wildman–Crippen MR) is 77.8 cm³/mol. The summed E-state index contributed by atoms with van der Waals surface area (Å²) in [5, 5.41) is 11.9. The van der Waals surface area contributed by atoms with Gasteiger partial charge in [-0.25, -0.2) is 9.78 Å². The Morgan fingerprint density at radius 1 is 1.47 bits per heavy atom. The lowest BCUT2D eigenvalue weighted by molar-refractivity contribution is 0.0696. The molecule has 4 N–H and O–H groups in total. The largest absolute Gasteiger partial charge is 0.478 e. The molecular weight excluding hydrogens is 310 g/mol. The van der Waals surface area contributed by atoms with Crippen molar-refractivity contribution in [3.05, 3.63) is 46.1 Å². The number of nitrogen functional groups attached to an aromatic ring is 1. The van der Waals surface area contributed by atoms with Crippen molar-refractivity contribution >= 4 is 39.1 Å². The molecule has 0 aliphatic heterocycles. The van der Waals surface area contributed by atoms with Crippen LogP contribution in [0.3, 0.4) is 0 Å². The topological polar surface area (TPSA) is 88.2 Å². The van der Waals surface area contributed by atoms with Gasteiger partial charge in [-0.3, -0.25) is 0 Å². The van der Waals surface area contributed by atoms with Crippen LogP contribution >= 0.6 is 15.9 Å². The smallest absolute Gasteiger partial charge is 0.337 e. The maximum atomic E-state index is 10.8. The zero-order chi connectivity index (χ0) is 14.0. The van der Waals surface area contributed by atoms with E-state index in [2.05, 4.69) is 26.2 Å². The first kappa shape index (κ1) is 13.4. The molecule has 1 heterocycles. The van der Waals surface area contributed by atoms with Crippen molar-refractivity contribution in [2.75, 3.05) is 11.1 Å². The molecule has 0 saturated heterocycles. The number of nitrogens with zero attached hydrogens (tertiary/aromatic N) is 1. The zero-order valence-electron chi connectivity index (χ0n) is 10.1. The molecule has 6 heteroatoms. The van der Waals surface area contributed by atoms with Crippen LogP contribution in [0.1, 0.15) is 15.9 Å². The molecule has 2 aromatic rings. The molecule has 0 aliphatic rings. The number of aromatic carboxylic acids is 1. The maximum Gasteiger partial charge on any atom is 0.337 e. The molecule has 0 bridgehead atoms. The minimum Gasteiger partial charge on any atom is -0.478 e.